The number of fused-ring (bicyclic) bond motifs is 2. The van der Waals surface area contributed by atoms with E-state index in [9.17, 15) is 4.79 Å². The lowest BCUT2D eigenvalue weighted by Crippen LogP contribution is -2.26. The van der Waals surface area contributed by atoms with E-state index in [1.807, 2.05) is 19.9 Å². The first-order valence-corrected chi connectivity index (χ1v) is 5.86. The van der Waals surface area contributed by atoms with Gasteiger partial charge in [0.1, 0.15) is 0 Å². The fourth-order valence-electron chi connectivity index (χ4n) is 2.53. The predicted molar refractivity (Wildman–Crippen MR) is 69.4 cm³/mol. The molecule has 1 aliphatic rings. The van der Waals surface area contributed by atoms with Crippen LogP contribution in [0.4, 0.5) is 5.69 Å². The molecule has 0 radical (unpaired) electrons. The number of hydrogen-bond donors (Lipinski definition) is 2. The number of rotatable bonds is 0. The van der Waals surface area contributed by atoms with Crippen molar-refractivity contribution in [3.8, 4) is 0 Å². The van der Waals surface area contributed by atoms with Gasteiger partial charge in [-0.05, 0) is 51.0 Å². The Balaban J connectivity index is 2.37. The van der Waals surface area contributed by atoms with Gasteiger partial charge in [0.2, 0.25) is 5.91 Å². The molecule has 0 bridgehead atoms. The molecule has 2 heterocycles. The van der Waals surface area contributed by atoms with Crippen LogP contribution in [0.5, 0.6) is 0 Å². The second-order valence-electron chi connectivity index (χ2n) is 5.40. The molecule has 1 aliphatic heterocycles. The zero-order valence-corrected chi connectivity index (χ0v) is 10.6. The van der Waals surface area contributed by atoms with Crippen LogP contribution < -0.4 is 5.32 Å². The van der Waals surface area contributed by atoms with Crippen LogP contribution in [-0.2, 0) is 10.2 Å². The number of nitrogens with one attached hydrogen (secondary N) is 2. The third kappa shape index (κ3) is 1.19. The van der Waals surface area contributed by atoms with Gasteiger partial charge in [-0.1, -0.05) is 0 Å². The largest absolute Gasteiger partial charge is 0.358 e. The second-order valence-corrected chi connectivity index (χ2v) is 5.40. The van der Waals surface area contributed by atoms with E-state index in [0.717, 1.165) is 16.8 Å². The minimum atomic E-state index is -0.429. The van der Waals surface area contributed by atoms with Crippen molar-refractivity contribution in [2.75, 3.05) is 5.32 Å². The van der Waals surface area contributed by atoms with Crippen molar-refractivity contribution < 1.29 is 4.79 Å². The maximum Gasteiger partial charge on any atom is 0.234 e. The van der Waals surface area contributed by atoms with Gasteiger partial charge in [-0.3, -0.25) is 4.79 Å². The molecule has 0 saturated carbocycles. The summed E-state index contributed by atoms with van der Waals surface area (Å²) in [5.41, 5.74) is 5.15. The predicted octanol–water partition coefficient (Wildman–Crippen LogP) is 3.01. The molecule has 3 nitrogen and oxygen atoms in total. The Labute approximate surface area is 100 Å². The molecular formula is C14H16N2O. The normalized spacial score (nSPS) is 17.3. The highest BCUT2D eigenvalue weighted by molar-refractivity contribution is 6.08. The lowest BCUT2D eigenvalue weighted by Gasteiger charge is -2.14. The number of benzene rings is 1. The van der Waals surface area contributed by atoms with Crippen LogP contribution in [-0.4, -0.2) is 10.9 Å². The van der Waals surface area contributed by atoms with Crippen LogP contribution in [0.1, 0.15) is 30.7 Å². The Hall–Kier alpha value is -1.77. The summed E-state index contributed by atoms with van der Waals surface area (Å²) >= 11 is 0. The molecular weight excluding hydrogens is 212 g/mol. The van der Waals surface area contributed by atoms with E-state index in [-0.39, 0.29) is 5.91 Å². The van der Waals surface area contributed by atoms with E-state index in [4.69, 9.17) is 0 Å². The van der Waals surface area contributed by atoms with E-state index >= 15 is 0 Å². The molecule has 17 heavy (non-hydrogen) atoms. The van der Waals surface area contributed by atoms with E-state index in [2.05, 4.69) is 30.2 Å². The summed E-state index contributed by atoms with van der Waals surface area (Å²) in [6, 6.07) is 4.18. The fraction of sp³-hybridized carbons (Fsp3) is 0.357. The van der Waals surface area contributed by atoms with E-state index in [1.165, 1.54) is 16.6 Å². The van der Waals surface area contributed by atoms with Gasteiger partial charge in [0.25, 0.3) is 0 Å². The van der Waals surface area contributed by atoms with Gasteiger partial charge in [0.15, 0.2) is 0 Å². The molecule has 2 N–H and O–H groups in total. The maximum atomic E-state index is 11.9. The third-order valence-corrected chi connectivity index (χ3v) is 3.94. The van der Waals surface area contributed by atoms with E-state index in [1.54, 1.807) is 0 Å². The molecule has 0 fully saturated rings. The molecule has 88 valence electrons. The minimum Gasteiger partial charge on any atom is -0.358 e. The van der Waals surface area contributed by atoms with Crippen LogP contribution in [0.25, 0.3) is 10.9 Å². The third-order valence-electron chi connectivity index (χ3n) is 3.94. The summed E-state index contributed by atoms with van der Waals surface area (Å²) in [7, 11) is 0. The van der Waals surface area contributed by atoms with Crippen LogP contribution >= 0.6 is 0 Å². The molecule has 0 spiro atoms. The van der Waals surface area contributed by atoms with Gasteiger partial charge in [0.05, 0.1) is 5.41 Å². The first-order chi connectivity index (χ1) is 7.91. The molecule has 0 aliphatic carbocycles. The number of amides is 1. The van der Waals surface area contributed by atoms with Crippen LogP contribution in [0, 0.1) is 13.8 Å². The second kappa shape index (κ2) is 2.92. The van der Waals surface area contributed by atoms with Gasteiger partial charge in [-0.15, -0.1) is 0 Å². The van der Waals surface area contributed by atoms with Gasteiger partial charge in [0, 0.05) is 22.3 Å². The number of anilines is 1. The Morgan fingerprint density at radius 2 is 1.88 bits per heavy atom. The van der Waals surface area contributed by atoms with E-state index < -0.39 is 5.41 Å². The van der Waals surface area contributed by atoms with Crippen LogP contribution in [0.2, 0.25) is 0 Å². The highest BCUT2D eigenvalue weighted by atomic mass is 16.2. The topological polar surface area (TPSA) is 44.9 Å². The van der Waals surface area contributed by atoms with Crippen molar-refractivity contribution in [1.29, 1.82) is 0 Å². The smallest absolute Gasteiger partial charge is 0.234 e. The van der Waals surface area contributed by atoms with Crippen molar-refractivity contribution in [1.82, 2.24) is 4.98 Å². The summed E-state index contributed by atoms with van der Waals surface area (Å²) < 4.78 is 0. The van der Waals surface area contributed by atoms with Crippen molar-refractivity contribution in [2.45, 2.75) is 33.1 Å². The lowest BCUT2D eigenvalue weighted by atomic mass is 9.85. The fourth-order valence-corrected chi connectivity index (χ4v) is 2.53. The highest BCUT2D eigenvalue weighted by Gasteiger charge is 2.38. The quantitative estimate of drug-likeness (QED) is 0.715. The molecule has 1 amide bonds. The Morgan fingerprint density at radius 1 is 1.18 bits per heavy atom. The number of carbonyl (C=O) groups excluding carboxylic acids is 1. The van der Waals surface area contributed by atoms with Gasteiger partial charge < -0.3 is 10.3 Å². The summed E-state index contributed by atoms with van der Waals surface area (Å²) in [4.78, 5) is 15.2. The molecule has 0 saturated heterocycles. The SMILES string of the molecule is Cc1[nH]c2cc3c(cc2c1C)C(C)(C)C(=O)N3. The molecule has 2 aromatic rings. The minimum absolute atomic E-state index is 0.0783. The zero-order valence-electron chi connectivity index (χ0n) is 10.6. The monoisotopic (exact) mass is 228 g/mol. The molecule has 1 aromatic carbocycles. The maximum absolute atomic E-state index is 11.9. The van der Waals surface area contributed by atoms with Gasteiger partial charge in [-0.25, -0.2) is 0 Å². The average molecular weight is 228 g/mol. The van der Waals surface area contributed by atoms with Crippen molar-refractivity contribution in [3.63, 3.8) is 0 Å². The number of hydrogen-bond acceptors (Lipinski definition) is 1. The van der Waals surface area contributed by atoms with Gasteiger partial charge >= 0.3 is 0 Å². The molecule has 0 unspecified atom stereocenters. The van der Waals surface area contributed by atoms with Gasteiger partial charge in [-0.2, -0.15) is 0 Å². The first kappa shape index (κ1) is 10.4. The van der Waals surface area contributed by atoms with E-state index in [0.29, 0.717) is 0 Å². The highest BCUT2D eigenvalue weighted by Crippen LogP contribution is 2.40. The Kier molecular flexibility index (Phi) is 1.78. The summed E-state index contributed by atoms with van der Waals surface area (Å²) in [6.45, 7) is 8.12. The number of H-pyrrole nitrogens is 1. The van der Waals surface area contributed by atoms with Crippen LogP contribution in [0.3, 0.4) is 0 Å². The van der Waals surface area contributed by atoms with Crippen LogP contribution in [0.15, 0.2) is 12.1 Å². The number of aromatic amines is 1. The molecule has 3 heteroatoms. The molecule has 0 atom stereocenters. The summed E-state index contributed by atoms with van der Waals surface area (Å²) in [5, 5.41) is 4.16. The van der Waals surface area contributed by atoms with Crippen molar-refractivity contribution >= 4 is 22.5 Å². The van der Waals surface area contributed by atoms with Crippen molar-refractivity contribution in [2.24, 2.45) is 0 Å². The summed E-state index contributed by atoms with van der Waals surface area (Å²) in [6.07, 6.45) is 0. The Bertz CT molecular complexity index is 650. The summed E-state index contributed by atoms with van der Waals surface area (Å²) in [5.74, 6) is 0.0783. The number of aryl methyl sites for hydroxylation is 2. The molecule has 1 aromatic heterocycles. The number of carbonyl (C=O) groups is 1. The zero-order chi connectivity index (χ0) is 12.4. The Morgan fingerprint density at radius 3 is 2.59 bits per heavy atom. The van der Waals surface area contributed by atoms with Crippen molar-refractivity contribution in [3.05, 3.63) is 29.0 Å². The average Bonchev–Trinajstić information content (AvgIpc) is 2.64. The lowest BCUT2D eigenvalue weighted by molar-refractivity contribution is -0.119. The first-order valence-electron chi connectivity index (χ1n) is 5.86. The number of aromatic nitrogens is 1. The standard InChI is InChI=1S/C14H16N2O/c1-7-8(2)15-11-6-12-10(5-9(7)11)14(3,4)13(17)16-12/h5-6,15H,1-4H3,(H,16,17). The molecule has 3 rings (SSSR count).